The van der Waals surface area contributed by atoms with Gasteiger partial charge in [-0.25, -0.2) is 8.78 Å². The average Bonchev–Trinajstić information content (AvgIpc) is 2.63. The number of methoxy groups -OCH3 is 1. The molecule has 27 heavy (non-hydrogen) atoms. The summed E-state index contributed by atoms with van der Waals surface area (Å²) in [5.41, 5.74) is 6.20. The number of likely N-dealkylation sites (N-methyl/N-ethyl adjacent to an activating group) is 1. The maximum absolute atomic E-state index is 14.5. The van der Waals surface area contributed by atoms with E-state index in [1.807, 2.05) is 11.9 Å². The first kappa shape index (κ1) is 18.9. The number of ether oxygens (including phenoxy) is 1. The van der Waals surface area contributed by atoms with E-state index >= 15 is 0 Å². The van der Waals surface area contributed by atoms with E-state index in [1.54, 1.807) is 12.1 Å². The molecule has 6 nitrogen and oxygen atoms in total. The number of carbonyl (C=O) groups excluding carboxylic acids is 1. The molecule has 1 aliphatic rings. The Labute approximate surface area is 156 Å². The predicted octanol–water partition coefficient (Wildman–Crippen LogP) is 2.56. The van der Waals surface area contributed by atoms with Crippen LogP contribution in [0.1, 0.15) is 10.4 Å². The summed E-state index contributed by atoms with van der Waals surface area (Å²) in [4.78, 5) is 16.5. The van der Waals surface area contributed by atoms with Gasteiger partial charge in [-0.2, -0.15) is 0 Å². The summed E-state index contributed by atoms with van der Waals surface area (Å²) in [6, 6.07) is 6.69. The van der Waals surface area contributed by atoms with Crippen molar-refractivity contribution in [2.45, 2.75) is 0 Å². The lowest BCUT2D eigenvalue weighted by Crippen LogP contribution is -2.44. The molecule has 1 fully saturated rings. The quantitative estimate of drug-likeness (QED) is 0.803. The van der Waals surface area contributed by atoms with Gasteiger partial charge in [0, 0.05) is 37.9 Å². The third-order valence-electron chi connectivity index (χ3n) is 4.61. The highest BCUT2D eigenvalue weighted by Crippen LogP contribution is 2.27. The maximum Gasteiger partial charge on any atom is 0.258 e. The molecule has 0 spiro atoms. The Morgan fingerprint density at radius 3 is 2.44 bits per heavy atom. The molecule has 0 atom stereocenters. The Balaban J connectivity index is 1.76. The van der Waals surface area contributed by atoms with Crippen molar-refractivity contribution >= 4 is 23.0 Å². The lowest BCUT2D eigenvalue weighted by molar-refractivity contribution is 0.102. The van der Waals surface area contributed by atoms with Gasteiger partial charge in [-0.3, -0.25) is 4.79 Å². The second kappa shape index (κ2) is 7.79. The van der Waals surface area contributed by atoms with Crippen LogP contribution in [0.15, 0.2) is 30.3 Å². The summed E-state index contributed by atoms with van der Waals surface area (Å²) in [5.74, 6) is -1.73. The molecule has 0 aromatic heterocycles. The van der Waals surface area contributed by atoms with Crippen molar-refractivity contribution in [2.24, 2.45) is 0 Å². The fourth-order valence-corrected chi connectivity index (χ4v) is 3.01. The summed E-state index contributed by atoms with van der Waals surface area (Å²) < 4.78 is 33.6. The van der Waals surface area contributed by atoms with Crippen molar-refractivity contribution < 1.29 is 18.3 Å². The lowest BCUT2D eigenvalue weighted by Gasteiger charge is -2.34. The number of benzene rings is 2. The van der Waals surface area contributed by atoms with Gasteiger partial charge in [-0.05, 0) is 31.3 Å². The van der Waals surface area contributed by atoms with E-state index in [0.717, 1.165) is 32.2 Å². The second-order valence-electron chi connectivity index (χ2n) is 6.48. The van der Waals surface area contributed by atoms with E-state index < -0.39 is 17.5 Å². The molecule has 3 rings (SSSR count). The van der Waals surface area contributed by atoms with Crippen LogP contribution < -0.4 is 20.7 Å². The van der Waals surface area contributed by atoms with Gasteiger partial charge in [0.15, 0.2) is 0 Å². The molecule has 0 aliphatic carbocycles. The predicted molar refractivity (Wildman–Crippen MR) is 101 cm³/mol. The molecule has 0 saturated carbocycles. The summed E-state index contributed by atoms with van der Waals surface area (Å²) in [6.45, 7) is 3.18. The summed E-state index contributed by atoms with van der Waals surface area (Å²) in [5, 5.41) is 2.51. The third kappa shape index (κ3) is 4.11. The largest absolute Gasteiger partial charge is 0.495 e. The molecule has 0 bridgehead atoms. The van der Waals surface area contributed by atoms with Gasteiger partial charge < -0.3 is 25.6 Å². The zero-order valence-electron chi connectivity index (χ0n) is 15.3. The van der Waals surface area contributed by atoms with Crippen molar-refractivity contribution in [3.63, 3.8) is 0 Å². The smallest absolute Gasteiger partial charge is 0.258 e. The highest BCUT2D eigenvalue weighted by Gasteiger charge is 2.19. The van der Waals surface area contributed by atoms with Gasteiger partial charge in [0.25, 0.3) is 5.91 Å². The van der Waals surface area contributed by atoms with Crippen LogP contribution in [0.5, 0.6) is 5.75 Å². The van der Waals surface area contributed by atoms with Gasteiger partial charge in [0.1, 0.15) is 17.4 Å². The Bertz CT molecular complexity index is 852. The molecule has 1 aliphatic heterocycles. The van der Waals surface area contributed by atoms with E-state index in [2.05, 4.69) is 10.2 Å². The first-order valence-electron chi connectivity index (χ1n) is 8.56. The summed E-state index contributed by atoms with van der Waals surface area (Å²) >= 11 is 0. The zero-order valence-corrected chi connectivity index (χ0v) is 15.3. The van der Waals surface area contributed by atoms with Crippen LogP contribution in [-0.2, 0) is 0 Å². The van der Waals surface area contributed by atoms with Crippen LogP contribution >= 0.6 is 0 Å². The average molecular weight is 376 g/mol. The van der Waals surface area contributed by atoms with Crippen LogP contribution in [0.2, 0.25) is 0 Å². The van der Waals surface area contributed by atoms with Crippen molar-refractivity contribution in [3.8, 4) is 5.75 Å². The standard InChI is InChI=1S/C19H22F2N4O2/c1-24-5-7-25(8-6-24)17-4-3-12(9-15(17)21)23-19(26)13-10-18(27-2)16(22)11-14(13)20/h3-4,9-11H,5-8,22H2,1-2H3,(H,23,26). The minimum absolute atomic E-state index is 0.0918. The van der Waals surface area contributed by atoms with Crippen LogP contribution in [0, 0.1) is 11.6 Å². The molecule has 1 amide bonds. The fourth-order valence-electron chi connectivity index (χ4n) is 3.01. The van der Waals surface area contributed by atoms with Crippen molar-refractivity contribution in [1.29, 1.82) is 0 Å². The number of amides is 1. The molecule has 8 heteroatoms. The van der Waals surface area contributed by atoms with Gasteiger partial charge in [-0.1, -0.05) is 0 Å². The number of anilines is 3. The van der Waals surface area contributed by atoms with Crippen molar-refractivity contribution in [1.82, 2.24) is 4.90 Å². The number of piperazine rings is 1. The van der Waals surface area contributed by atoms with Crippen LogP contribution in [0.4, 0.5) is 25.8 Å². The number of carbonyl (C=O) groups is 1. The van der Waals surface area contributed by atoms with Gasteiger partial charge in [0.2, 0.25) is 0 Å². The Kier molecular flexibility index (Phi) is 5.46. The molecule has 2 aromatic carbocycles. The molecule has 1 saturated heterocycles. The highest BCUT2D eigenvalue weighted by molar-refractivity contribution is 6.05. The topological polar surface area (TPSA) is 70.8 Å². The van der Waals surface area contributed by atoms with Crippen LogP contribution in [0.25, 0.3) is 0 Å². The summed E-state index contributed by atoms with van der Waals surface area (Å²) in [7, 11) is 3.40. The maximum atomic E-state index is 14.5. The van der Waals surface area contributed by atoms with Crippen LogP contribution in [-0.4, -0.2) is 51.1 Å². The summed E-state index contributed by atoms with van der Waals surface area (Å²) in [6.07, 6.45) is 0. The Morgan fingerprint density at radius 1 is 1.11 bits per heavy atom. The van der Waals surface area contributed by atoms with E-state index in [4.69, 9.17) is 10.5 Å². The Hall–Kier alpha value is -2.87. The number of nitrogens with one attached hydrogen (secondary N) is 1. The SMILES string of the molecule is COc1cc(C(=O)Nc2ccc(N3CCN(C)CC3)c(F)c2)c(F)cc1N. The van der Waals surface area contributed by atoms with E-state index in [-0.39, 0.29) is 22.7 Å². The molecule has 144 valence electrons. The van der Waals surface area contributed by atoms with Gasteiger partial charge in [-0.15, -0.1) is 0 Å². The number of nitrogens with two attached hydrogens (primary N) is 1. The first-order valence-corrected chi connectivity index (χ1v) is 8.56. The number of nitrogen functional groups attached to an aromatic ring is 1. The minimum Gasteiger partial charge on any atom is -0.495 e. The molecule has 0 radical (unpaired) electrons. The number of rotatable bonds is 4. The van der Waals surface area contributed by atoms with Gasteiger partial charge in [0.05, 0.1) is 24.0 Å². The molecule has 3 N–H and O–H groups in total. The number of nitrogens with zero attached hydrogens (tertiary/aromatic N) is 2. The van der Waals surface area contributed by atoms with E-state index in [9.17, 15) is 13.6 Å². The van der Waals surface area contributed by atoms with Crippen molar-refractivity contribution in [3.05, 3.63) is 47.5 Å². The lowest BCUT2D eigenvalue weighted by atomic mass is 10.1. The number of halogens is 2. The molecule has 0 unspecified atom stereocenters. The van der Waals surface area contributed by atoms with E-state index in [1.165, 1.54) is 19.2 Å². The first-order chi connectivity index (χ1) is 12.9. The molecule has 1 heterocycles. The van der Waals surface area contributed by atoms with E-state index in [0.29, 0.717) is 5.69 Å². The molecule has 2 aromatic rings. The number of hydrogen-bond donors (Lipinski definition) is 2. The monoisotopic (exact) mass is 376 g/mol. The zero-order chi connectivity index (χ0) is 19.6. The molecular weight excluding hydrogens is 354 g/mol. The van der Waals surface area contributed by atoms with Gasteiger partial charge >= 0.3 is 0 Å². The third-order valence-corrected chi connectivity index (χ3v) is 4.61. The second-order valence-corrected chi connectivity index (χ2v) is 6.48. The Morgan fingerprint density at radius 2 is 1.81 bits per heavy atom. The number of hydrogen-bond acceptors (Lipinski definition) is 5. The highest BCUT2D eigenvalue weighted by atomic mass is 19.1. The van der Waals surface area contributed by atoms with Crippen LogP contribution in [0.3, 0.4) is 0 Å². The normalized spacial score (nSPS) is 14.9. The molecular formula is C19H22F2N4O2. The fraction of sp³-hybridized carbons (Fsp3) is 0.316. The van der Waals surface area contributed by atoms with Crippen molar-refractivity contribution in [2.75, 3.05) is 56.3 Å². The minimum atomic E-state index is -0.777.